The van der Waals surface area contributed by atoms with E-state index in [0.717, 1.165) is 87.8 Å². The summed E-state index contributed by atoms with van der Waals surface area (Å²) in [4.78, 5) is 10.6. The van der Waals surface area contributed by atoms with E-state index in [2.05, 4.69) is 77.4 Å². The average molecular weight is 552 g/mol. The number of fused-ring (bicyclic) bond motifs is 12. The number of furan rings is 2. The number of hydrogen-bond donors (Lipinski definition) is 0. The number of nitrogens with zero attached hydrogens (tertiary/aromatic N) is 3. The Morgan fingerprint density at radius 3 is 1.79 bits per heavy atom. The highest BCUT2D eigenvalue weighted by atomic mass is 16.3. The van der Waals surface area contributed by atoms with Crippen molar-refractivity contribution in [1.29, 1.82) is 0 Å². The van der Waals surface area contributed by atoms with Crippen molar-refractivity contribution in [2.45, 2.75) is 0 Å². The van der Waals surface area contributed by atoms with E-state index in [-0.39, 0.29) is 0 Å². The molecule has 0 bridgehead atoms. The zero-order valence-corrected chi connectivity index (χ0v) is 22.8. The third kappa shape index (κ3) is 3.05. The molecule has 0 radical (unpaired) electrons. The average Bonchev–Trinajstić information content (AvgIpc) is 3.74. The van der Waals surface area contributed by atoms with Gasteiger partial charge >= 0.3 is 0 Å². The van der Waals surface area contributed by atoms with E-state index < -0.39 is 0 Å². The Hall–Kier alpha value is -5.94. The molecular weight excluding hydrogens is 530 g/mol. The summed E-state index contributed by atoms with van der Waals surface area (Å²) in [6, 6.07) is 43.6. The third-order valence-electron chi connectivity index (χ3n) is 8.63. The van der Waals surface area contributed by atoms with Gasteiger partial charge in [-0.15, -0.1) is 0 Å². The molecule has 0 aliphatic carbocycles. The lowest BCUT2D eigenvalue weighted by Crippen LogP contribution is -2.03. The van der Waals surface area contributed by atoms with Gasteiger partial charge in [0.15, 0.2) is 11.2 Å². The maximum atomic E-state index is 6.58. The Kier molecular flexibility index (Phi) is 4.39. The molecule has 10 rings (SSSR count). The van der Waals surface area contributed by atoms with Crippen LogP contribution in [0.25, 0.3) is 93.8 Å². The van der Waals surface area contributed by atoms with Crippen molar-refractivity contribution in [2.24, 2.45) is 0 Å². The first-order chi connectivity index (χ1) is 21.3. The van der Waals surface area contributed by atoms with Gasteiger partial charge in [0, 0.05) is 43.3 Å². The topological polar surface area (TPSA) is 57.0 Å². The SMILES string of the molecule is c1ccc(-c2nc(-n3c4ccccc4c4ccc5c6ccccc6oc5c43)nc3c2ccc2c4ccccc4oc23)cc1. The van der Waals surface area contributed by atoms with Crippen molar-refractivity contribution in [2.75, 3.05) is 0 Å². The molecule has 200 valence electrons. The van der Waals surface area contributed by atoms with Crippen molar-refractivity contribution >= 4 is 76.6 Å². The fourth-order valence-electron chi connectivity index (χ4n) is 6.72. The molecule has 6 aromatic carbocycles. The maximum Gasteiger partial charge on any atom is 0.236 e. The number of benzene rings is 6. The van der Waals surface area contributed by atoms with Crippen LogP contribution in [0.3, 0.4) is 0 Å². The Morgan fingerprint density at radius 2 is 1.02 bits per heavy atom. The summed E-state index contributed by atoms with van der Waals surface area (Å²) in [7, 11) is 0. The Labute approximate surface area is 244 Å². The van der Waals surface area contributed by atoms with Gasteiger partial charge in [-0.05, 0) is 36.4 Å². The summed E-state index contributed by atoms with van der Waals surface area (Å²) in [5, 5.41) is 7.41. The van der Waals surface area contributed by atoms with Gasteiger partial charge in [-0.2, -0.15) is 0 Å². The van der Waals surface area contributed by atoms with Crippen LogP contribution in [0.5, 0.6) is 0 Å². The van der Waals surface area contributed by atoms with Crippen LogP contribution >= 0.6 is 0 Å². The molecule has 0 saturated carbocycles. The molecule has 0 aliphatic heterocycles. The van der Waals surface area contributed by atoms with E-state index in [0.29, 0.717) is 5.95 Å². The predicted molar refractivity (Wildman–Crippen MR) is 174 cm³/mol. The van der Waals surface area contributed by atoms with E-state index in [1.807, 2.05) is 54.6 Å². The van der Waals surface area contributed by atoms with Crippen molar-refractivity contribution in [3.8, 4) is 17.2 Å². The van der Waals surface area contributed by atoms with Gasteiger partial charge in [0.05, 0.1) is 11.2 Å². The van der Waals surface area contributed by atoms with Crippen LogP contribution < -0.4 is 0 Å². The zero-order valence-electron chi connectivity index (χ0n) is 22.8. The van der Waals surface area contributed by atoms with Gasteiger partial charge < -0.3 is 8.83 Å². The van der Waals surface area contributed by atoms with Gasteiger partial charge in [0.25, 0.3) is 0 Å². The van der Waals surface area contributed by atoms with E-state index in [1.54, 1.807) is 0 Å². The van der Waals surface area contributed by atoms with Crippen molar-refractivity contribution in [3.05, 3.63) is 127 Å². The summed E-state index contributed by atoms with van der Waals surface area (Å²) in [5.41, 5.74) is 7.89. The second-order valence-electron chi connectivity index (χ2n) is 11.0. The first kappa shape index (κ1) is 22.7. The quantitative estimate of drug-likeness (QED) is 0.214. The minimum absolute atomic E-state index is 0.568. The molecule has 0 atom stereocenters. The molecule has 0 fully saturated rings. The van der Waals surface area contributed by atoms with Gasteiger partial charge in [0.2, 0.25) is 5.95 Å². The summed E-state index contributed by atoms with van der Waals surface area (Å²) in [6.45, 7) is 0. The molecular formula is C38H21N3O2. The molecule has 0 saturated heterocycles. The molecule has 10 aromatic rings. The van der Waals surface area contributed by atoms with Crippen LogP contribution in [-0.4, -0.2) is 14.5 Å². The fourth-order valence-corrected chi connectivity index (χ4v) is 6.72. The third-order valence-corrected chi connectivity index (χ3v) is 8.63. The zero-order chi connectivity index (χ0) is 28.1. The molecule has 0 N–H and O–H groups in total. The predicted octanol–water partition coefficient (Wildman–Crippen LogP) is 10.2. The summed E-state index contributed by atoms with van der Waals surface area (Å²) >= 11 is 0. The van der Waals surface area contributed by atoms with Crippen LogP contribution in [0, 0.1) is 0 Å². The lowest BCUT2D eigenvalue weighted by Gasteiger charge is -2.12. The highest BCUT2D eigenvalue weighted by molar-refractivity contribution is 6.21. The largest absolute Gasteiger partial charge is 0.454 e. The smallest absolute Gasteiger partial charge is 0.236 e. The Morgan fingerprint density at radius 1 is 0.442 bits per heavy atom. The van der Waals surface area contributed by atoms with Gasteiger partial charge in [-0.1, -0.05) is 91.0 Å². The Bertz CT molecular complexity index is 2730. The van der Waals surface area contributed by atoms with E-state index in [4.69, 9.17) is 18.8 Å². The molecule has 4 heterocycles. The molecule has 0 spiro atoms. The number of hydrogen-bond acceptors (Lipinski definition) is 4. The first-order valence-electron chi connectivity index (χ1n) is 14.3. The molecule has 0 unspecified atom stereocenters. The van der Waals surface area contributed by atoms with Crippen molar-refractivity contribution in [1.82, 2.24) is 14.5 Å². The lowest BCUT2D eigenvalue weighted by molar-refractivity contribution is 0.670. The number of aromatic nitrogens is 3. The lowest BCUT2D eigenvalue weighted by atomic mass is 10.0. The van der Waals surface area contributed by atoms with E-state index in [9.17, 15) is 0 Å². The van der Waals surface area contributed by atoms with Crippen molar-refractivity contribution in [3.63, 3.8) is 0 Å². The monoisotopic (exact) mass is 551 g/mol. The van der Waals surface area contributed by atoms with Gasteiger partial charge in [-0.25, -0.2) is 9.97 Å². The molecule has 43 heavy (non-hydrogen) atoms. The van der Waals surface area contributed by atoms with Crippen LogP contribution in [-0.2, 0) is 0 Å². The second-order valence-corrected chi connectivity index (χ2v) is 11.0. The fraction of sp³-hybridized carbons (Fsp3) is 0. The minimum atomic E-state index is 0.568. The summed E-state index contributed by atoms with van der Waals surface area (Å²) in [5.74, 6) is 0.568. The summed E-state index contributed by atoms with van der Waals surface area (Å²) in [6.07, 6.45) is 0. The molecule has 5 nitrogen and oxygen atoms in total. The highest BCUT2D eigenvalue weighted by Crippen LogP contribution is 2.41. The Balaban J connectivity index is 1.42. The number of para-hydroxylation sites is 3. The number of rotatable bonds is 2. The highest BCUT2D eigenvalue weighted by Gasteiger charge is 2.23. The maximum absolute atomic E-state index is 6.58. The molecule has 0 aliphatic rings. The minimum Gasteiger partial charge on any atom is -0.454 e. The summed E-state index contributed by atoms with van der Waals surface area (Å²) < 4.78 is 15.2. The first-order valence-corrected chi connectivity index (χ1v) is 14.3. The second kappa shape index (κ2) is 8.30. The van der Waals surface area contributed by atoms with E-state index >= 15 is 0 Å². The van der Waals surface area contributed by atoms with Crippen LogP contribution in [0.4, 0.5) is 0 Å². The van der Waals surface area contributed by atoms with Crippen LogP contribution in [0.15, 0.2) is 136 Å². The molecule has 0 amide bonds. The van der Waals surface area contributed by atoms with Crippen LogP contribution in [0.2, 0.25) is 0 Å². The molecule has 4 aromatic heterocycles. The standard InChI is InChI=1S/C38H21N3O2/c1-2-10-22(11-3-1)33-29-21-20-27-24-13-5-8-16-31(24)42-36(27)34(29)40-38(39-33)41-30-15-7-4-12-23(30)26-18-19-28-25-14-6-9-17-32(25)43-37(28)35(26)41/h1-21H. The van der Waals surface area contributed by atoms with Crippen LogP contribution in [0.1, 0.15) is 0 Å². The van der Waals surface area contributed by atoms with Gasteiger partial charge in [-0.3, -0.25) is 4.57 Å². The normalized spacial score (nSPS) is 12.2. The molecule has 5 heteroatoms. The van der Waals surface area contributed by atoms with E-state index in [1.165, 1.54) is 0 Å². The van der Waals surface area contributed by atoms with Crippen molar-refractivity contribution < 1.29 is 8.83 Å². The van der Waals surface area contributed by atoms with Gasteiger partial charge in [0.1, 0.15) is 22.2 Å².